The molecule has 2 heterocycles. The summed E-state index contributed by atoms with van der Waals surface area (Å²) in [5, 5.41) is 14.0. The van der Waals surface area contributed by atoms with E-state index < -0.39 is 0 Å². The normalized spacial score (nSPS) is 11.5. The molecule has 7 heteroatoms. The lowest BCUT2D eigenvalue weighted by atomic mass is 10.2. The molecule has 1 N–H and O–H groups in total. The van der Waals surface area contributed by atoms with Gasteiger partial charge < -0.3 is 5.32 Å². The Hall–Kier alpha value is -1.34. The second kappa shape index (κ2) is 5.75. The van der Waals surface area contributed by atoms with Gasteiger partial charge in [-0.25, -0.2) is 9.67 Å². The predicted molar refractivity (Wildman–Crippen MR) is 75.0 cm³/mol. The third-order valence-electron chi connectivity index (χ3n) is 2.83. The van der Waals surface area contributed by atoms with E-state index in [4.69, 9.17) is 0 Å². The maximum absolute atomic E-state index is 4.50. The van der Waals surface area contributed by atoms with Gasteiger partial charge in [-0.3, -0.25) is 4.68 Å². The molecule has 2 rings (SSSR count). The van der Waals surface area contributed by atoms with Crippen LogP contribution < -0.4 is 5.32 Å². The zero-order valence-electron chi connectivity index (χ0n) is 12.0. The molecule has 0 saturated heterocycles. The maximum Gasteiger partial charge on any atom is 0.192 e. The Balaban J connectivity index is 2.26. The van der Waals surface area contributed by atoms with Crippen molar-refractivity contribution in [2.45, 2.75) is 43.5 Å². The molecule has 0 fully saturated rings. The van der Waals surface area contributed by atoms with Crippen LogP contribution in [0.3, 0.4) is 0 Å². The van der Waals surface area contributed by atoms with Gasteiger partial charge in [0.05, 0.1) is 5.69 Å². The molecule has 0 unspecified atom stereocenters. The fraction of sp³-hybridized carbons (Fsp3) is 0.583. The number of hydrogen-bond acceptors (Lipinski definition) is 5. The van der Waals surface area contributed by atoms with Crippen LogP contribution >= 0.6 is 11.8 Å². The number of nitrogens with one attached hydrogen (secondary N) is 1. The quantitative estimate of drug-likeness (QED) is 0.899. The molecule has 0 aliphatic carbocycles. The largest absolute Gasteiger partial charge is 0.310 e. The first-order chi connectivity index (χ1) is 8.99. The van der Waals surface area contributed by atoms with Crippen LogP contribution in [0.5, 0.6) is 0 Å². The van der Waals surface area contributed by atoms with Gasteiger partial charge >= 0.3 is 0 Å². The Bertz CT molecular complexity index is 557. The van der Waals surface area contributed by atoms with Gasteiger partial charge in [0.1, 0.15) is 11.4 Å². The van der Waals surface area contributed by atoms with Gasteiger partial charge in [-0.1, -0.05) is 13.8 Å². The van der Waals surface area contributed by atoms with Crippen LogP contribution in [0.15, 0.2) is 16.5 Å². The molecule has 19 heavy (non-hydrogen) atoms. The van der Waals surface area contributed by atoms with Crippen molar-refractivity contribution in [3.63, 3.8) is 0 Å². The fourth-order valence-corrected chi connectivity index (χ4v) is 2.75. The predicted octanol–water partition coefficient (Wildman–Crippen LogP) is 1.51. The molecule has 0 spiro atoms. The standard InChI is InChI=1S/C12H20N6S/c1-8(2)13-6-10-9(3)16-17(4)11(10)19-12-14-7-15-18(12)5/h7-8,13H,6H2,1-5H3. The summed E-state index contributed by atoms with van der Waals surface area (Å²) in [6.07, 6.45) is 1.57. The molecule has 0 atom stereocenters. The monoisotopic (exact) mass is 280 g/mol. The number of rotatable bonds is 5. The molecule has 0 radical (unpaired) electrons. The molecule has 6 nitrogen and oxygen atoms in total. The summed E-state index contributed by atoms with van der Waals surface area (Å²) < 4.78 is 3.68. The van der Waals surface area contributed by atoms with E-state index in [1.807, 2.05) is 25.7 Å². The highest BCUT2D eigenvalue weighted by atomic mass is 32.2. The summed E-state index contributed by atoms with van der Waals surface area (Å²) in [5.41, 5.74) is 2.28. The Morgan fingerprint density at radius 3 is 2.63 bits per heavy atom. The third kappa shape index (κ3) is 3.16. The molecular formula is C12H20N6S. The lowest BCUT2D eigenvalue weighted by molar-refractivity contribution is 0.579. The molecule has 2 aromatic rings. The smallest absolute Gasteiger partial charge is 0.192 e. The second-order valence-electron chi connectivity index (χ2n) is 4.80. The van der Waals surface area contributed by atoms with E-state index in [0.717, 1.165) is 22.4 Å². The van der Waals surface area contributed by atoms with Crippen molar-refractivity contribution in [1.82, 2.24) is 29.9 Å². The third-order valence-corrected chi connectivity index (χ3v) is 4.09. The van der Waals surface area contributed by atoms with Crippen molar-refractivity contribution >= 4 is 11.8 Å². The van der Waals surface area contributed by atoms with Crippen molar-refractivity contribution in [3.8, 4) is 0 Å². The lowest BCUT2D eigenvalue weighted by Gasteiger charge is -2.09. The molecule has 0 bridgehead atoms. The molecule has 0 amide bonds. The molecule has 0 aliphatic heterocycles. The molecule has 0 saturated carbocycles. The molecule has 104 valence electrons. The number of aryl methyl sites for hydroxylation is 3. The van der Waals surface area contributed by atoms with Gasteiger partial charge in [0.25, 0.3) is 0 Å². The van der Waals surface area contributed by atoms with Crippen LogP contribution in [0.1, 0.15) is 25.1 Å². The van der Waals surface area contributed by atoms with Crippen LogP contribution in [0.25, 0.3) is 0 Å². The number of hydrogen-bond donors (Lipinski definition) is 1. The van der Waals surface area contributed by atoms with Crippen molar-refractivity contribution in [2.24, 2.45) is 14.1 Å². The van der Waals surface area contributed by atoms with E-state index in [2.05, 4.69) is 34.3 Å². The average Bonchev–Trinajstić information content (AvgIpc) is 2.83. The average molecular weight is 280 g/mol. The zero-order chi connectivity index (χ0) is 14.0. The van der Waals surface area contributed by atoms with Gasteiger partial charge in [0, 0.05) is 32.2 Å². The Morgan fingerprint density at radius 1 is 1.32 bits per heavy atom. The van der Waals surface area contributed by atoms with Crippen molar-refractivity contribution < 1.29 is 0 Å². The van der Waals surface area contributed by atoms with E-state index in [-0.39, 0.29) is 0 Å². The summed E-state index contributed by atoms with van der Waals surface area (Å²) in [4.78, 5) is 4.25. The Kier molecular flexibility index (Phi) is 4.26. The van der Waals surface area contributed by atoms with Crippen LogP contribution in [-0.4, -0.2) is 30.6 Å². The number of aromatic nitrogens is 5. The minimum absolute atomic E-state index is 0.451. The highest BCUT2D eigenvalue weighted by Crippen LogP contribution is 2.29. The van der Waals surface area contributed by atoms with Crippen molar-refractivity contribution in [3.05, 3.63) is 17.6 Å². The summed E-state index contributed by atoms with van der Waals surface area (Å²) in [7, 11) is 3.86. The van der Waals surface area contributed by atoms with Gasteiger partial charge in [-0.15, -0.1) is 0 Å². The molecule has 2 aromatic heterocycles. The summed E-state index contributed by atoms with van der Waals surface area (Å²) >= 11 is 1.60. The lowest BCUT2D eigenvalue weighted by Crippen LogP contribution is -2.22. The fourth-order valence-electron chi connectivity index (χ4n) is 1.78. The minimum Gasteiger partial charge on any atom is -0.310 e. The molecule has 0 aromatic carbocycles. The first-order valence-electron chi connectivity index (χ1n) is 6.26. The van der Waals surface area contributed by atoms with Gasteiger partial charge in [0.2, 0.25) is 0 Å². The van der Waals surface area contributed by atoms with E-state index in [0.29, 0.717) is 6.04 Å². The van der Waals surface area contributed by atoms with Crippen molar-refractivity contribution in [1.29, 1.82) is 0 Å². The van der Waals surface area contributed by atoms with Crippen molar-refractivity contribution in [2.75, 3.05) is 0 Å². The Labute approximate surface area is 117 Å². The summed E-state index contributed by atoms with van der Waals surface area (Å²) in [5.74, 6) is 0. The van der Waals surface area contributed by atoms with Crippen LogP contribution in [0.4, 0.5) is 0 Å². The SMILES string of the molecule is Cc1nn(C)c(Sc2ncnn2C)c1CNC(C)C. The van der Waals surface area contributed by atoms with E-state index in [1.165, 1.54) is 5.56 Å². The topological polar surface area (TPSA) is 60.6 Å². The van der Waals surface area contributed by atoms with E-state index >= 15 is 0 Å². The van der Waals surface area contributed by atoms with E-state index in [9.17, 15) is 0 Å². The summed E-state index contributed by atoms with van der Waals surface area (Å²) in [6.45, 7) is 7.14. The number of nitrogens with zero attached hydrogens (tertiary/aromatic N) is 5. The van der Waals surface area contributed by atoms with Gasteiger partial charge in [0.15, 0.2) is 5.16 Å². The van der Waals surface area contributed by atoms with E-state index in [1.54, 1.807) is 22.8 Å². The van der Waals surface area contributed by atoms with Gasteiger partial charge in [-0.2, -0.15) is 10.2 Å². The van der Waals surface area contributed by atoms with Crippen LogP contribution in [0.2, 0.25) is 0 Å². The van der Waals surface area contributed by atoms with Crippen LogP contribution in [-0.2, 0) is 20.6 Å². The Morgan fingerprint density at radius 2 is 2.05 bits per heavy atom. The first-order valence-corrected chi connectivity index (χ1v) is 7.08. The highest BCUT2D eigenvalue weighted by molar-refractivity contribution is 7.99. The molecular weight excluding hydrogens is 260 g/mol. The van der Waals surface area contributed by atoms with Crippen LogP contribution in [0, 0.1) is 6.92 Å². The second-order valence-corrected chi connectivity index (χ2v) is 5.75. The molecule has 0 aliphatic rings. The first kappa shape index (κ1) is 14.1. The maximum atomic E-state index is 4.50. The highest BCUT2D eigenvalue weighted by Gasteiger charge is 2.16. The minimum atomic E-state index is 0.451. The zero-order valence-corrected chi connectivity index (χ0v) is 12.8. The van der Waals surface area contributed by atoms with Gasteiger partial charge in [-0.05, 0) is 18.7 Å². The summed E-state index contributed by atoms with van der Waals surface area (Å²) in [6, 6.07) is 0.451.